The second-order valence-electron chi connectivity index (χ2n) is 6.65. The average molecular weight is 286 g/mol. The third-order valence-corrected chi connectivity index (χ3v) is 5.30. The average Bonchev–Trinajstić information content (AvgIpc) is 3.13. The van der Waals surface area contributed by atoms with Crippen LogP contribution in [0.1, 0.15) is 19.3 Å². The van der Waals surface area contributed by atoms with Gasteiger partial charge in [-0.3, -0.25) is 4.79 Å². The number of rotatable bonds is 2. The van der Waals surface area contributed by atoms with Crippen LogP contribution in [0.3, 0.4) is 0 Å². The molecule has 1 aromatic heterocycles. The van der Waals surface area contributed by atoms with Crippen LogP contribution in [0.4, 0.5) is 11.5 Å². The first-order valence-electron chi connectivity index (χ1n) is 7.96. The summed E-state index contributed by atoms with van der Waals surface area (Å²) in [5, 5.41) is 0. The van der Waals surface area contributed by atoms with E-state index < -0.39 is 0 Å². The van der Waals surface area contributed by atoms with Crippen molar-refractivity contribution in [2.24, 2.45) is 17.8 Å². The number of hydrogen-bond donors (Lipinski definition) is 1. The monoisotopic (exact) mass is 286 g/mol. The summed E-state index contributed by atoms with van der Waals surface area (Å²) in [6, 6.07) is 3.73. The number of nitrogen functional groups attached to an aromatic ring is 1. The zero-order valence-electron chi connectivity index (χ0n) is 12.2. The Kier molecular flexibility index (Phi) is 3.01. The number of aromatic nitrogens is 1. The lowest BCUT2D eigenvalue weighted by Crippen LogP contribution is -2.50. The molecule has 0 aromatic carbocycles. The molecule has 2 aliphatic carbocycles. The summed E-state index contributed by atoms with van der Waals surface area (Å²) in [5.74, 6) is 3.28. The Bertz CT molecular complexity index is 543. The molecule has 0 bridgehead atoms. The van der Waals surface area contributed by atoms with Gasteiger partial charge in [0.05, 0.1) is 5.69 Å². The normalized spacial score (nSPS) is 31.1. The quantitative estimate of drug-likeness (QED) is 0.891. The highest BCUT2D eigenvalue weighted by atomic mass is 16.2. The van der Waals surface area contributed by atoms with E-state index >= 15 is 0 Å². The Labute approximate surface area is 125 Å². The highest BCUT2D eigenvalue weighted by Gasteiger charge is 2.48. The number of carbonyl (C=O) groups excluding carboxylic acids is 1. The molecule has 3 fully saturated rings. The van der Waals surface area contributed by atoms with Crippen LogP contribution in [-0.4, -0.2) is 42.0 Å². The smallest absolute Gasteiger partial charge is 0.225 e. The number of fused-ring (bicyclic) bond motifs is 1. The second kappa shape index (κ2) is 4.90. The van der Waals surface area contributed by atoms with Gasteiger partial charge in [-0.1, -0.05) is 0 Å². The summed E-state index contributed by atoms with van der Waals surface area (Å²) >= 11 is 0. The number of amides is 1. The van der Waals surface area contributed by atoms with E-state index in [2.05, 4.69) is 9.88 Å². The molecule has 112 valence electrons. The minimum absolute atomic E-state index is 0.306. The van der Waals surface area contributed by atoms with Gasteiger partial charge in [-0.05, 0) is 43.2 Å². The third kappa shape index (κ3) is 2.34. The van der Waals surface area contributed by atoms with Gasteiger partial charge >= 0.3 is 0 Å². The maximum atomic E-state index is 12.5. The standard InChI is InChI=1S/C16H22N4O/c17-14-2-1-3-18-15(14)19-4-6-20(7-5-19)16(21)13-9-11-8-12(11)10-13/h1-3,11-13H,4-10,17H2. The van der Waals surface area contributed by atoms with Gasteiger partial charge in [-0.25, -0.2) is 4.98 Å². The van der Waals surface area contributed by atoms with Crippen molar-refractivity contribution in [3.8, 4) is 0 Å². The number of piperazine rings is 1. The lowest BCUT2D eigenvalue weighted by molar-refractivity contribution is -0.136. The van der Waals surface area contributed by atoms with Crippen LogP contribution in [-0.2, 0) is 4.79 Å². The van der Waals surface area contributed by atoms with Crippen molar-refractivity contribution in [1.29, 1.82) is 0 Å². The highest BCUT2D eigenvalue weighted by molar-refractivity contribution is 5.80. The van der Waals surface area contributed by atoms with E-state index in [-0.39, 0.29) is 0 Å². The minimum atomic E-state index is 0.306. The molecule has 2 heterocycles. The van der Waals surface area contributed by atoms with E-state index in [0.717, 1.165) is 56.7 Å². The summed E-state index contributed by atoms with van der Waals surface area (Å²) in [4.78, 5) is 21.1. The zero-order chi connectivity index (χ0) is 14.4. The molecular weight excluding hydrogens is 264 g/mol. The van der Waals surface area contributed by atoms with E-state index in [1.807, 2.05) is 17.0 Å². The molecule has 0 spiro atoms. The summed E-state index contributed by atoms with van der Waals surface area (Å²) in [6.07, 6.45) is 5.42. The molecule has 21 heavy (non-hydrogen) atoms. The molecule has 2 saturated carbocycles. The summed E-state index contributed by atoms with van der Waals surface area (Å²) < 4.78 is 0. The van der Waals surface area contributed by atoms with Crippen molar-refractivity contribution < 1.29 is 4.79 Å². The molecule has 5 heteroatoms. The molecule has 1 aliphatic heterocycles. The Morgan fingerprint density at radius 1 is 1.14 bits per heavy atom. The van der Waals surface area contributed by atoms with Crippen molar-refractivity contribution in [2.75, 3.05) is 36.8 Å². The van der Waals surface area contributed by atoms with Gasteiger partial charge in [0.25, 0.3) is 0 Å². The lowest BCUT2D eigenvalue weighted by atomic mass is 10.0. The highest BCUT2D eigenvalue weighted by Crippen LogP contribution is 2.54. The van der Waals surface area contributed by atoms with E-state index in [1.165, 1.54) is 6.42 Å². The predicted octanol–water partition coefficient (Wildman–Crippen LogP) is 1.36. The number of carbonyl (C=O) groups is 1. The first-order chi connectivity index (χ1) is 10.2. The fourth-order valence-corrected chi connectivity index (χ4v) is 3.99. The summed E-state index contributed by atoms with van der Waals surface area (Å²) in [6.45, 7) is 3.24. The molecule has 2 atom stereocenters. The summed E-state index contributed by atoms with van der Waals surface area (Å²) in [7, 11) is 0. The van der Waals surface area contributed by atoms with E-state index in [0.29, 0.717) is 17.5 Å². The van der Waals surface area contributed by atoms with Crippen LogP contribution in [0.2, 0.25) is 0 Å². The van der Waals surface area contributed by atoms with E-state index in [1.54, 1.807) is 6.20 Å². The fraction of sp³-hybridized carbons (Fsp3) is 0.625. The van der Waals surface area contributed by atoms with Crippen LogP contribution in [0, 0.1) is 17.8 Å². The number of hydrogen-bond acceptors (Lipinski definition) is 4. The molecule has 2 unspecified atom stereocenters. The van der Waals surface area contributed by atoms with Crippen molar-refractivity contribution in [2.45, 2.75) is 19.3 Å². The lowest BCUT2D eigenvalue weighted by Gasteiger charge is -2.37. The molecular formula is C16H22N4O. The maximum Gasteiger partial charge on any atom is 0.225 e. The van der Waals surface area contributed by atoms with Gasteiger partial charge in [-0.2, -0.15) is 0 Å². The van der Waals surface area contributed by atoms with Crippen LogP contribution >= 0.6 is 0 Å². The molecule has 1 aromatic rings. The van der Waals surface area contributed by atoms with Gasteiger partial charge in [-0.15, -0.1) is 0 Å². The van der Waals surface area contributed by atoms with Crippen LogP contribution < -0.4 is 10.6 Å². The summed E-state index contributed by atoms with van der Waals surface area (Å²) in [5.41, 5.74) is 6.70. The van der Waals surface area contributed by atoms with Gasteiger partial charge in [0.2, 0.25) is 5.91 Å². The largest absolute Gasteiger partial charge is 0.396 e. The van der Waals surface area contributed by atoms with Crippen LogP contribution in [0.15, 0.2) is 18.3 Å². The second-order valence-corrected chi connectivity index (χ2v) is 6.65. The van der Waals surface area contributed by atoms with Gasteiger partial charge in [0, 0.05) is 38.3 Å². The van der Waals surface area contributed by atoms with Crippen LogP contribution in [0.5, 0.6) is 0 Å². The van der Waals surface area contributed by atoms with E-state index in [4.69, 9.17) is 5.73 Å². The van der Waals surface area contributed by atoms with Crippen molar-refractivity contribution in [1.82, 2.24) is 9.88 Å². The van der Waals surface area contributed by atoms with Gasteiger partial charge in [0.15, 0.2) is 5.82 Å². The van der Waals surface area contributed by atoms with Crippen molar-refractivity contribution >= 4 is 17.4 Å². The molecule has 5 nitrogen and oxygen atoms in total. The Hall–Kier alpha value is -1.78. The zero-order valence-corrected chi connectivity index (χ0v) is 12.2. The van der Waals surface area contributed by atoms with Gasteiger partial charge < -0.3 is 15.5 Å². The SMILES string of the molecule is Nc1cccnc1N1CCN(C(=O)C2CC3CC3C2)CC1. The van der Waals surface area contributed by atoms with Crippen molar-refractivity contribution in [3.63, 3.8) is 0 Å². The molecule has 3 aliphatic rings. The third-order valence-electron chi connectivity index (χ3n) is 5.30. The number of nitrogens with zero attached hydrogens (tertiary/aromatic N) is 3. The molecule has 1 saturated heterocycles. The topological polar surface area (TPSA) is 62.5 Å². The van der Waals surface area contributed by atoms with Gasteiger partial charge in [0.1, 0.15) is 0 Å². The number of anilines is 2. The predicted molar refractivity (Wildman–Crippen MR) is 81.8 cm³/mol. The first kappa shape index (κ1) is 12.9. The molecule has 0 radical (unpaired) electrons. The maximum absolute atomic E-state index is 12.5. The van der Waals surface area contributed by atoms with Crippen molar-refractivity contribution in [3.05, 3.63) is 18.3 Å². The number of nitrogens with two attached hydrogens (primary N) is 1. The molecule has 2 N–H and O–H groups in total. The fourth-order valence-electron chi connectivity index (χ4n) is 3.99. The Morgan fingerprint density at radius 2 is 1.86 bits per heavy atom. The van der Waals surface area contributed by atoms with Crippen LogP contribution in [0.25, 0.3) is 0 Å². The van der Waals surface area contributed by atoms with E-state index in [9.17, 15) is 4.79 Å². The Morgan fingerprint density at radius 3 is 2.52 bits per heavy atom. The molecule has 1 amide bonds. The first-order valence-corrected chi connectivity index (χ1v) is 7.96. The minimum Gasteiger partial charge on any atom is -0.396 e. The molecule has 4 rings (SSSR count). The number of pyridine rings is 1. The Balaban J connectivity index is 1.36.